The van der Waals surface area contributed by atoms with Crippen molar-refractivity contribution < 1.29 is 24.8 Å². The topological polar surface area (TPSA) is 79.2 Å². The third-order valence-corrected chi connectivity index (χ3v) is 6.32. The van der Waals surface area contributed by atoms with Crippen LogP contribution < -0.4 is 0 Å². The summed E-state index contributed by atoms with van der Waals surface area (Å²) >= 11 is 5.24. The quantitative estimate of drug-likeness (QED) is 0.201. The molecule has 1 rings (SSSR count). The van der Waals surface area contributed by atoms with Gasteiger partial charge in [-0.1, -0.05) is 96.8 Å². The third-order valence-electron chi connectivity index (χ3n) is 6.00. The van der Waals surface area contributed by atoms with Crippen LogP contribution in [0, 0.1) is 0 Å². The molecule has 0 unspecified atom stereocenters. The number of hydrogen-bond donors (Lipinski definition) is 3. The van der Waals surface area contributed by atoms with Crippen LogP contribution in [0.5, 0.6) is 0 Å². The molecule has 0 amide bonds. The van der Waals surface area contributed by atoms with Gasteiger partial charge in [0.05, 0.1) is 6.61 Å². The van der Waals surface area contributed by atoms with Crippen LogP contribution in [0.15, 0.2) is 0 Å². The number of thiocarbonyl (C=S) groups is 1. The maximum absolute atomic E-state index is 9.88. The lowest BCUT2D eigenvalue weighted by Crippen LogP contribution is -2.54. The van der Waals surface area contributed by atoms with Crippen LogP contribution in [0.25, 0.3) is 0 Å². The predicted molar refractivity (Wildman–Crippen MR) is 126 cm³/mol. The van der Waals surface area contributed by atoms with Crippen molar-refractivity contribution in [3.05, 3.63) is 0 Å². The largest absolute Gasteiger partial charge is 0.484 e. The van der Waals surface area contributed by atoms with Crippen LogP contribution >= 0.6 is 12.2 Å². The highest BCUT2D eigenvalue weighted by Crippen LogP contribution is 2.17. The first-order valence-corrected chi connectivity index (χ1v) is 12.8. The van der Waals surface area contributed by atoms with E-state index in [9.17, 15) is 15.3 Å². The maximum atomic E-state index is 9.88. The molecule has 0 aromatic heterocycles. The molecule has 1 aliphatic heterocycles. The van der Waals surface area contributed by atoms with Gasteiger partial charge < -0.3 is 24.8 Å². The molecule has 0 aromatic rings. The molecule has 1 aliphatic rings. The van der Waals surface area contributed by atoms with Crippen LogP contribution in [-0.2, 0) is 9.47 Å². The van der Waals surface area contributed by atoms with Crippen LogP contribution in [0.2, 0.25) is 0 Å². The van der Waals surface area contributed by atoms with E-state index in [4.69, 9.17) is 21.7 Å². The molecule has 0 radical (unpaired) electrons. The Labute approximate surface area is 189 Å². The van der Waals surface area contributed by atoms with Crippen molar-refractivity contribution >= 4 is 17.3 Å². The lowest BCUT2D eigenvalue weighted by Gasteiger charge is -2.34. The first kappa shape index (κ1) is 27.8. The van der Waals surface area contributed by atoms with Crippen molar-refractivity contribution in [3.63, 3.8) is 0 Å². The van der Waals surface area contributed by atoms with E-state index in [2.05, 4.69) is 6.92 Å². The predicted octanol–water partition coefficient (Wildman–Crippen LogP) is 5.07. The van der Waals surface area contributed by atoms with E-state index in [0.717, 1.165) is 19.3 Å². The van der Waals surface area contributed by atoms with E-state index in [1.165, 1.54) is 83.5 Å². The molecule has 5 nitrogen and oxygen atoms in total. The van der Waals surface area contributed by atoms with E-state index >= 15 is 0 Å². The maximum Gasteiger partial charge on any atom is 0.159 e. The molecule has 6 heteroatoms. The van der Waals surface area contributed by atoms with Gasteiger partial charge in [-0.05, 0) is 18.6 Å². The zero-order valence-corrected chi connectivity index (χ0v) is 19.9. The Kier molecular flexibility index (Phi) is 17.0. The van der Waals surface area contributed by atoms with E-state index in [-0.39, 0.29) is 13.2 Å². The van der Waals surface area contributed by atoms with Crippen molar-refractivity contribution in [1.82, 2.24) is 0 Å². The van der Waals surface area contributed by atoms with Gasteiger partial charge in [0.1, 0.15) is 31.0 Å². The van der Waals surface area contributed by atoms with Gasteiger partial charge in [-0.3, -0.25) is 0 Å². The molecule has 1 fully saturated rings. The standard InChI is InChI=1S/C24H46O5S/c1-2-3-4-5-6-7-8-9-10-11-12-13-14-15-16-17-22(30)29-19-21-24(27)23(26)20(25)18-28-21/h20-21,23-27H,2-19H2,1H3/t20-,21+,23+,24+/m0/s1. The van der Waals surface area contributed by atoms with Crippen LogP contribution in [0.3, 0.4) is 0 Å². The molecule has 0 aliphatic carbocycles. The molecule has 0 bridgehead atoms. The number of unbranched alkanes of at least 4 members (excludes halogenated alkanes) is 14. The zero-order chi connectivity index (χ0) is 22.0. The van der Waals surface area contributed by atoms with Crippen molar-refractivity contribution in [3.8, 4) is 0 Å². The second kappa shape index (κ2) is 18.3. The lowest BCUT2D eigenvalue weighted by molar-refractivity contribution is -0.193. The molecule has 30 heavy (non-hydrogen) atoms. The summed E-state index contributed by atoms with van der Waals surface area (Å²) in [5.74, 6) is 0. The van der Waals surface area contributed by atoms with Gasteiger partial charge in [0.2, 0.25) is 0 Å². The molecule has 1 heterocycles. The number of aliphatic hydroxyl groups excluding tert-OH is 3. The minimum atomic E-state index is -1.20. The van der Waals surface area contributed by atoms with E-state index in [1.54, 1.807) is 0 Å². The van der Waals surface area contributed by atoms with Crippen LogP contribution in [-0.4, -0.2) is 58.0 Å². The normalized spacial score (nSPS) is 24.1. The second-order valence-electron chi connectivity index (χ2n) is 8.80. The fourth-order valence-electron chi connectivity index (χ4n) is 3.90. The summed E-state index contributed by atoms with van der Waals surface area (Å²) in [6, 6.07) is 0. The fourth-order valence-corrected chi connectivity index (χ4v) is 4.11. The summed E-state index contributed by atoms with van der Waals surface area (Å²) in [6.45, 7) is 2.38. The summed E-state index contributed by atoms with van der Waals surface area (Å²) in [4.78, 5) is 0. The van der Waals surface area contributed by atoms with Crippen molar-refractivity contribution in [1.29, 1.82) is 0 Å². The van der Waals surface area contributed by atoms with E-state index in [0.29, 0.717) is 5.05 Å². The Hall–Kier alpha value is -0.270. The zero-order valence-electron chi connectivity index (χ0n) is 19.1. The molecular formula is C24H46O5S. The summed E-state index contributed by atoms with van der Waals surface area (Å²) in [6.07, 6.45) is 16.7. The van der Waals surface area contributed by atoms with Crippen molar-refractivity contribution in [2.75, 3.05) is 13.2 Å². The van der Waals surface area contributed by atoms with E-state index < -0.39 is 24.4 Å². The van der Waals surface area contributed by atoms with Gasteiger partial charge in [-0.2, -0.15) is 0 Å². The minimum absolute atomic E-state index is 0.00192. The second-order valence-corrected chi connectivity index (χ2v) is 9.26. The Bertz CT molecular complexity index is 420. The molecular weight excluding hydrogens is 400 g/mol. The fraction of sp³-hybridized carbons (Fsp3) is 0.958. The molecule has 178 valence electrons. The SMILES string of the molecule is CCCCCCCCCCCCCCCCCC(=S)OC[C@H]1OC[C@H](O)[C@@H](O)[C@@H]1O. The Morgan fingerprint density at radius 1 is 0.767 bits per heavy atom. The number of aliphatic hydroxyl groups is 3. The summed E-state index contributed by atoms with van der Waals surface area (Å²) in [5, 5.41) is 29.5. The Balaban J connectivity index is 1.84. The van der Waals surface area contributed by atoms with Crippen molar-refractivity contribution in [2.45, 2.75) is 134 Å². The van der Waals surface area contributed by atoms with Gasteiger partial charge in [-0.25, -0.2) is 0 Å². The molecule has 0 spiro atoms. The number of rotatable bonds is 18. The molecule has 3 N–H and O–H groups in total. The van der Waals surface area contributed by atoms with E-state index in [1.807, 2.05) is 0 Å². The van der Waals surface area contributed by atoms with Crippen LogP contribution in [0.1, 0.15) is 110 Å². The van der Waals surface area contributed by atoms with Crippen LogP contribution in [0.4, 0.5) is 0 Å². The summed E-state index contributed by atoms with van der Waals surface area (Å²) in [5.41, 5.74) is 0. The Morgan fingerprint density at radius 3 is 1.73 bits per heavy atom. The first-order valence-electron chi connectivity index (χ1n) is 12.4. The first-order chi connectivity index (χ1) is 14.6. The highest BCUT2D eigenvalue weighted by Gasteiger charge is 2.37. The summed E-state index contributed by atoms with van der Waals surface area (Å²) < 4.78 is 10.8. The summed E-state index contributed by atoms with van der Waals surface area (Å²) in [7, 11) is 0. The number of hydrogen-bond acceptors (Lipinski definition) is 6. The monoisotopic (exact) mass is 446 g/mol. The highest BCUT2D eigenvalue weighted by molar-refractivity contribution is 7.80. The van der Waals surface area contributed by atoms with Gasteiger partial charge >= 0.3 is 0 Å². The smallest absolute Gasteiger partial charge is 0.159 e. The average Bonchev–Trinajstić information content (AvgIpc) is 2.74. The van der Waals surface area contributed by atoms with Crippen molar-refractivity contribution in [2.24, 2.45) is 0 Å². The average molecular weight is 447 g/mol. The molecule has 1 saturated heterocycles. The molecule has 4 atom stereocenters. The number of ether oxygens (including phenoxy) is 2. The third kappa shape index (κ3) is 13.2. The van der Waals surface area contributed by atoms with Gasteiger partial charge in [0.25, 0.3) is 0 Å². The molecule has 0 saturated carbocycles. The Morgan fingerprint density at radius 2 is 1.23 bits per heavy atom. The highest BCUT2D eigenvalue weighted by atomic mass is 32.1. The van der Waals surface area contributed by atoms with Gasteiger partial charge in [0.15, 0.2) is 5.05 Å². The van der Waals surface area contributed by atoms with Gasteiger partial charge in [-0.15, -0.1) is 0 Å². The molecule has 0 aromatic carbocycles. The van der Waals surface area contributed by atoms with Gasteiger partial charge in [0, 0.05) is 6.42 Å². The minimum Gasteiger partial charge on any atom is -0.484 e. The lowest BCUT2D eigenvalue weighted by atomic mass is 10.0.